The number of allylic oxidation sites excluding steroid dienone is 4. The van der Waals surface area contributed by atoms with E-state index >= 15 is 0 Å². The summed E-state index contributed by atoms with van der Waals surface area (Å²) in [6.07, 6.45) is 7.74. The zero-order valence-corrected chi connectivity index (χ0v) is 36.0. The molecule has 3 aliphatic rings. The van der Waals surface area contributed by atoms with E-state index in [1.807, 2.05) is 0 Å². The van der Waals surface area contributed by atoms with E-state index in [1.165, 1.54) is 67.0 Å². The summed E-state index contributed by atoms with van der Waals surface area (Å²) >= 11 is 0. The lowest BCUT2D eigenvalue weighted by Crippen LogP contribution is -2.26. The molecule has 1 heterocycles. The van der Waals surface area contributed by atoms with Crippen LogP contribution in [0.3, 0.4) is 0 Å². The van der Waals surface area contributed by atoms with Gasteiger partial charge in [0.05, 0.1) is 5.41 Å². The zero-order chi connectivity index (χ0) is 43.1. The van der Waals surface area contributed by atoms with Gasteiger partial charge in [-0.15, -0.1) is 0 Å². The normalized spacial score (nSPS) is 16.6. The Kier molecular flexibility index (Phi) is 8.48. The molecule has 0 saturated heterocycles. The van der Waals surface area contributed by atoms with Crippen LogP contribution in [0.25, 0.3) is 55.3 Å². The summed E-state index contributed by atoms with van der Waals surface area (Å²) in [5.41, 5.74) is 20.6. The molecule has 1 aromatic heterocycles. The van der Waals surface area contributed by atoms with Crippen LogP contribution in [-0.4, -0.2) is 0 Å². The van der Waals surface area contributed by atoms with Crippen LogP contribution in [0.4, 0.5) is 28.4 Å². The van der Waals surface area contributed by atoms with Crippen LogP contribution in [0.15, 0.2) is 241 Å². The molecule has 3 heteroatoms. The molecule has 13 rings (SSSR count). The van der Waals surface area contributed by atoms with Gasteiger partial charge in [0.25, 0.3) is 0 Å². The highest BCUT2D eigenvalue weighted by molar-refractivity contribution is 6.13. The first kappa shape index (κ1) is 37.4. The molecule has 2 unspecified atom stereocenters. The lowest BCUT2D eigenvalue weighted by atomic mass is 9.70. The van der Waals surface area contributed by atoms with Crippen molar-refractivity contribution in [2.45, 2.75) is 18.8 Å². The minimum absolute atomic E-state index is 0.480. The van der Waals surface area contributed by atoms with E-state index in [1.54, 1.807) is 0 Å². The van der Waals surface area contributed by atoms with E-state index in [2.05, 4.69) is 247 Å². The number of furan rings is 1. The Bertz CT molecular complexity index is 3490. The summed E-state index contributed by atoms with van der Waals surface area (Å²) in [4.78, 5) is 4.78. The average molecular weight is 833 g/mol. The van der Waals surface area contributed by atoms with E-state index in [4.69, 9.17) is 4.42 Å². The quantitative estimate of drug-likeness (QED) is 0.159. The van der Waals surface area contributed by atoms with Crippen molar-refractivity contribution in [3.63, 3.8) is 0 Å². The van der Waals surface area contributed by atoms with Gasteiger partial charge in [0.15, 0.2) is 0 Å². The van der Waals surface area contributed by atoms with Crippen LogP contribution >= 0.6 is 0 Å². The van der Waals surface area contributed by atoms with E-state index in [-0.39, 0.29) is 0 Å². The third kappa shape index (κ3) is 5.68. The number of benzene rings is 9. The van der Waals surface area contributed by atoms with Gasteiger partial charge in [0, 0.05) is 50.5 Å². The highest BCUT2D eigenvalue weighted by atomic mass is 16.3. The maximum atomic E-state index is 6.90. The molecule has 0 saturated carbocycles. The smallest absolute Gasteiger partial charge is 0.143 e. The van der Waals surface area contributed by atoms with Crippen LogP contribution in [0.1, 0.15) is 35.6 Å². The summed E-state index contributed by atoms with van der Waals surface area (Å²) in [7, 11) is 0. The van der Waals surface area contributed by atoms with Crippen LogP contribution in [0, 0.1) is 5.92 Å². The van der Waals surface area contributed by atoms with Gasteiger partial charge < -0.3 is 14.2 Å². The lowest BCUT2D eigenvalue weighted by Gasteiger charge is -2.31. The molecular weight excluding hydrogens is 789 g/mol. The third-order valence-electron chi connectivity index (χ3n) is 14.0. The van der Waals surface area contributed by atoms with Gasteiger partial charge in [0.1, 0.15) is 11.2 Å². The fraction of sp³-hybridized carbons (Fsp3) is 0.0645. The number of hydrogen-bond donors (Lipinski definition) is 0. The molecule has 0 aliphatic heterocycles. The first-order chi connectivity index (χ1) is 32.1. The maximum absolute atomic E-state index is 6.90. The van der Waals surface area contributed by atoms with E-state index in [0.29, 0.717) is 5.92 Å². The SMILES string of the molecule is CC1C=CC=C(N(c2ccccc2)c2ccc(-c3ccc4c(c3)C3(c5ccccc5-c5cc(N(c6ccccc6)c6ccccc6)ccc53)c3ccc5c(oc6ccccc65)c3-4)cc2)C1. The molecule has 0 fully saturated rings. The van der Waals surface area contributed by atoms with Gasteiger partial charge >= 0.3 is 0 Å². The fourth-order valence-corrected chi connectivity index (χ4v) is 11.2. The molecule has 65 heavy (non-hydrogen) atoms. The monoisotopic (exact) mass is 832 g/mol. The van der Waals surface area contributed by atoms with Crippen LogP contribution < -0.4 is 9.80 Å². The second-order valence-electron chi connectivity index (χ2n) is 17.7. The zero-order valence-electron chi connectivity index (χ0n) is 36.0. The molecule has 1 spiro atoms. The van der Waals surface area contributed by atoms with Gasteiger partial charge in [-0.05, 0) is 141 Å². The lowest BCUT2D eigenvalue weighted by molar-refractivity contribution is 0.669. The molecule has 308 valence electrons. The molecule has 0 N–H and O–H groups in total. The topological polar surface area (TPSA) is 19.6 Å². The first-order valence-electron chi connectivity index (χ1n) is 22.7. The summed E-state index contributed by atoms with van der Waals surface area (Å²) in [6, 6.07) is 77.8. The number of rotatable bonds is 7. The number of fused-ring (bicyclic) bond motifs is 14. The Morgan fingerprint density at radius 2 is 1.05 bits per heavy atom. The Labute approximate surface area is 379 Å². The van der Waals surface area contributed by atoms with Gasteiger partial charge in [-0.3, -0.25) is 0 Å². The summed E-state index contributed by atoms with van der Waals surface area (Å²) in [6.45, 7) is 2.29. The Hall–Kier alpha value is -8.14. The molecule has 2 atom stereocenters. The maximum Gasteiger partial charge on any atom is 0.143 e. The highest BCUT2D eigenvalue weighted by Gasteiger charge is 2.53. The standard InChI is InChI=1S/C62H44N2O/c1-41-16-15-23-48(38-41)64(46-21-9-4-10-22-46)47-31-28-42(29-32-47)43-30-34-53-58(39-43)62(57-37-35-52-51-25-12-14-27-59(51)65-61(52)60(53)57)55-26-13-11-24-50(55)54-40-49(33-36-56(54)62)63(44-17-5-2-6-18-44)45-19-7-3-8-20-45/h2-37,39-41H,38H2,1H3. The van der Waals surface area contributed by atoms with Crippen molar-refractivity contribution in [1.29, 1.82) is 0 Å². The predicted octanol–water partition coefficient (Wildman–Crippen LogP) is 16.7. The molecular formula is C62H44N2O. The van der Waals surface area contributed by atoms with Crippen LogP contribution in [-0.2, 0) is 5.41 Å². The second-order valence-corrected chi connectivity index (χ2v) is 17.7. The molecule has 0 amide bonds. The number of para-hydroxylation sites is 4. The van der Waals surface area contributed by atoms with E-state index < -0.39 is 5.41 Å². The second kappa shape index (κ2) is 14.7. The van der Waals surface area contributed by atoms with Crippen molar-refractivity contribution >= 4 is 50.4 Å². The van der Waals surface area contributed by atoms with E-state index in [9.17, 15) is 0 Å². The number of nitrogens with zero attached hydrogens (tertiary/aromatic N) is 2. The van der Waals surface area contributed by atoms with Crippen molar-refractivity contribution in [1.82, 2.24) is 0 Å². The first-order valence-corrected chi connectivity index (χ1v) is 22.7. The Morgan fingerprint density at radius 3 is 1.78 bits per heavy atom. The van der Waals surface area contributed by atoms with E-state index in [0.717, 1.165) is 51.1 Å². The Balaban J connectivity index is 1.02. The minimum Gasteiger partial charge on any atom is -0.455 e. The minimum atomic E-state index is -0.579. The van der Waals surface area contributed by atoms with Crippen LogP contribution in [0.5, 0.6) is 0 Å². The molecule has 9 aromatic carbocycles. The van der Waals surface area contributed by atoms with Crippen molar-refractivity contribution in [2.24, 2.45) is 5.92 Å². The average Bonchev–Trinajstić information content (AvgIpc) is 3.99. The van der Waals surface area contributed by atoms with Gasteiger partial charge in [0.2, 0.25) is 0 Å². The number of anilines is 5. The number of hydrogen-bond acceptors (Lipinski definition) is 3. The summed E-state index contributed by atoms with van der Waals surface area (Å²) in [5, 5.41) is 2.29. The van der Waals surface area contributed by atoms with Crippen LogP contribution in [0.2, 0.25) is 0 Å². The predicted molar refractivity (Wildman–Crippen MR) is 270 cm³/mol. The molecule has 10 aromatic rings. The molecule has 0 bridgehead atoms. The van der Waals surface area contributed by atoms with Crippen molar-refractivity contribution in [2.75, 3.05) is 9.80 Å². The van der Waals surface area contributed by atoms with Crippen molar-refractivity contribution in [3.05, 3.63) is 259 Å². The molecule has 0 radical (unpaired) electrons. The largest absolute Gasteiger partial charge is 0.455 e. The summed E-state index contributed by atoms with van der Waals surface area (Å²) in [5.74, 6) is 0.480. The molecule has 3 nitrogen and oxygen atoms in total. The third-order valence-corrected chi connectivity index (χ3v) is 14.0. The van der Waals surface area contributed by atoms with Gasteiger partial charge in [-0.1, -0.05) is 159 Å². The van der Waals surface area contributed by atoms with Crippen molar-refractivity contribution in [3.8, 4) is 33.4 Å². The van der Waals surface area contributed by atoms with Gasteiger partial charge in [-0.25, -0.2) is 0 Å². The summed E-state index contributed by atoms with van der Waals surface area (Å²) < 4.78 is 6.90. The fourth-order valence-electron chi connectivity index (χ4n) is 11.2. The van der Waals surface area contributed by atoms with Crippen molar-refractivity contribution < 1.29 is 4.42 Å². The Morgan fingerprint density at radius 1 is 0.446 bits per heavy atom. The highest BCUT2D eigenvalue weighted by Crippen LogP contribution is 2.65. The molecule has 3 aliphatic carbocycles. The van der Waals surface area contributed by atoms with Gasteiger partial charge in [-0.2, -0.15) is 0 Å².